The summed E-state index contributed by atoms with van der Waals surface area (Å²) in [5, 5.41) is 25.1. The van der Waals surface area contributed by atoms with Gasteiger partial charge in [-0.1, -0.05) is 51.9 Å². The lowest BCUT2D eigenvalue weighted by molar-refractivity contribution is -0.116. The van der Waals surface area contributed by atoms with Gasteiger partial charge in [-0.3, -0.25) is 19.4 Å². The Hall–Kier alpha value is -9.62. The molecule has 2 amide bonds. The summed E-state index contributed by atoms with van der Waals surface area (Å²) in [5.41, 5.74) is 21.4. The quantitative estimate of drug-likeness (QED) is 0.0624. The van der Waals surface area contributed by atoms with Crippen molar-refractivity contribution in [2.75, 3.05) is 101 Å². The van der Waals surface area contributed by atoms with Gasteiger partial charge >= 0.3 is 0 Å². The van der Waals surface area contributed by atoms with Crippen LogP contribution in [0.5, 0.6) is 11.5 Å². The Morgan fingerprint density at radius 2 is 0.989 bits per heavy atom. The van der Waals surface area contributed by atoms with Gasteiger partial charge in [-0.2, -0.15) is 10.2 Å². The first-order valence-corrected chi connectivity index (χ1v) is 29.7. The molecule has 10 aromatic rings. The summed E-state index contributed by atoms with van der Waals surface area (Å²) in [7, 11) is 0. The van der Waals surface area contributed by atoms with Gasteiger partial charge in [-0.05, 0) is 103 Å². The van der Waals surface area contributed by atoms with E-state index in [4.69, 9.17) is 49.7 Å². The molecule has 0 aliphatic carbocycles. The smallest absolute Gasteiger partial charge is 0.230 e. The van der Waals surface area contributed by atoms with Crippen molar-refractivity contribution in [3.05, 3.63) is 144 Å². The van der Waals surface area contributed by atoms with Gasteiger partial charge in [0.25, 0.3) is 0 Å². The zero-order valence-corrected chi connectivity index (χ0v) is 51.2. The zero-order valence-electron chi connectivity index (χ0n) is 51.2. The summed E-state index contributed by atoms with van der Waals surface area (Å²) >= 11 is 0. The third kappa shape index (κ3) is 14.9. The van der Waals surface area contributed by atoms with E-state index in [1.165, 1.54) is 12.7 Å². The third-order valence-electron chi connectivity index (χ3n) is 15.2. The van der Waals surface area contributed by atoms with Crippen molar-refractivity contribution in [2.45, 2.75) is 72.1 Å². The molecule has 24 nitrogen and oxygen atoms in total. The average Bonchev–Trinajstić information content (AvgIpc) is 1.64. The number of hydrogen-bond acceptors (Lipinski definition) is 20. The number of rotatable bonds is 18. The van der Waals surface area contributed by atoms with Crippen molar-refractivity contribution < 1.29 is 37.6 Å². The van der Waals surface area contributed by atoms with E-state index in [0.717, 1.165) is 117 Å². The van der Waals surface area contributed by atoms with E-state index in [0.29, 0.717) is 81.1 Å². The molecule has 0 radical (unpaired) electrons. The molecule has 12 rings (SSSR count). The van der Waals surface area contributed by atoms with Crippen LogP contribution in [-0.4, -0.2) is 150 Å². The second-order valence-corrected chi connectivity index (χ2v) is 24.0. The number of nitrogens with two attached hydrogens (primary N) is 2. The van der Waals surface area contributed by atoms with Crippen molar-refractivity contribution >= 4 is 56.9 Å². The summed E-state index contributed by atoms with van der Waals surface area (Å²) in [5.74, 6) is 3.36. The number of anilines is 4. The van der Waals surface area contributed by atoms with Crippen molar-refractivity contribution in [1.82, 2.24) is 59.6 Å². The molecule has 6 N–H and O–H groups in total. The molecule has 6 aromatic heterocycles. The van der Waals surface area contributed by atoms with Crippen LogP contribution in [-0.2, 0) is 42.7 Å². The molecule has 462 valence electrons. The van der Waals surface area contributed by atoms with E-state index in [2.05, 4.69) is 50.7 Å². The first-order chi connectivity index (χ1) is 42.9. The van der Waals surface area contributed by atoms with Crippen LogP contribution >= 0.6 is 0 Å². The molecule has 2 saturated heterocycles. The van der Waals surface area contributed by atoms with Crippen LogP contribution in [0.15, 0.2) is 125 Å². The molecule has 0 saturated carbocycles. The number of carbonyl (C=O) groups excluding carboxylic acids is 2. The maximum absolute atomic E-state index is 12.8. The number of nitrogens with one attached hydrogen (secondary N) is 2. The standard InChI is InChI=1S/C33H38N8O4.C32H36N8O4/c1-21-17-24(7-10-26(21)37-28(42)19-23-18-27(45-39-23)33(2,3)4)41-32-29(31(34)35-20-36-32)30(38-41)22-5-8-25(9-6-22)44-16-13-40-11-14-43-15-12-40;1-32(2,3)26-18-23(38-44-26)19-27(41)36-22-6-8-24(9-7-22)40-31-28(30(33)34-20-35-31)29(37-40)21-4-10-25(11-5-21)43-17-14-39-12-15-42-16-13-39/h5-10,17-18,20H,11-16,19H2,1-4H3,(H,37,42)(H2,34,35,36);4-11,18,20H,12-17,19H2,1-3H3,(H,36,41)(H2,33,34,35). The highest BCUT2D eigenvalue weighted by Gasteiger charge is 2.25. The fraction of sp³-hybridized carbons (Fsp3) is 0.354. The Morgan fingerprint density at radius 3 is 1.43 bits per heavy atom. The third-order valence-corrected chi connectivity index (χ3v) is 15.2. The Balaban J connectivity index is 0.000000184. The number of benzene rings is 4. The zero-order chi connectivity index (χ0) is 62.2. The number of fused-ring (bicyclic) bond motifs is 2. The number of amides is 2. The van der Waals surface area contributed by atoms with Gasteiger partial charge in [0.2, 0.25) is 11.8 Å². The first-order valence-electron chi connectivity index (χ1n) is 29.7. The Morgan fingerprint density at radius 1 is 0.551 bits per heavy atom. The van der Waals surface area contributed by atoms with Crippen LogP contribution in [0.1, 0.15) is 70.0 Å². The Bertz CT molecular complexity index is 4060. The molecule has 24 heteroatoms. The molecular weight excluding hydrogens is 1130 g/mol. The van der Waals surface area contributed by atoms with Gasteiger partial charge in [0.1, 0.15) is 71.9 Å². The molecule has 2 fully saturated rings. The molecule has 89 heavy (non-hydrogen) atoms. The second-order valence-electron chi connectivity index (χ2n) is 24.0. The van der Waals surface area contributed by atoms with Crippen molar-refractivity contribution in [3.8, 4) is 45.4 Å². The van der Waals surface area contributed by atoms with E-state index < -0.39 is 0 Å². The van der Waals surface area contributed by atoms with Crippen molar-refractivity contribution in [3.63, 3.8) is 0 Å². The van der Waals surface area contributed by atoms with E-state index >= 15 is 0 Å². The van der Waals surface area contributed by atoms with Crippen LogP contribution in [0, 0.1) is 6.92 Å². The van der Waals surface area contributed by atoms with Crippen LogP contribution < -0.4 is 31.6 Å². The Kier molecular flexibility index (Phi) is 18.4. The predicted molar refractivity (Wildman–Crippen MR) is 338 cm³/mol. The molecule has 0 atom stereocenters. The maximum Gasteiger partial charge on any atom is 0.230 e. The number of aromatic nitrogens is 10. The number of nitrogen functional groups attached to an aromatic ring is 2. The van der Waals surface area contributed by atoms with Gasteiger partial charge in [-0.15, -0.1) is 0 Å². The van der Waals surface area contributed by atoms with Crippen LogP contribution in [0.4, 0.5) is 23.0 Å². The average molecular weight is 1210 g/mol. The predicted octanol–water partition coefficient (Wildman–Crippen LogP) is 8.79. The molecular formula is C65H74N16O8. The molecule has 8 heterocycles. The number of aryl methyl sites for hydroxylation is 1. The number of nitrogens with zero attached hydrogens (tertiary/aromatic N) is 12. The Labute approximate surface area is 514 Å². The monoisotopic (exact) mass is 1210 g/mol. The fourth-order valence-corrected chi connectivity index (χ4v) is 10.2. The lowest BCUT2D eigenvalue weighted by atomic mass is 9.93. The topological polar surface area (TPSA) is 293 Å². The first kappa shape index (κ1) is 61.0. The lowest BCUT2D eigenvalue weighted by Gasteiger charge is -2.26. The van der Waals surface area contributed by atoms with E-state index in [9.17, 15) is 9.59 Å². The number of morpholine rings is 2. The molecule has 0 spiro atoms. The highest BCUT2D eigenvalue weighted by molar-refractivity contribution is 6.00. The highest BCUT2D eigenvalue weighted by atomic mass is 16.5. The largest absolute Gasteiger partial charge is 0.492 e. The van der Waals surface area contributed by atoms with Gasteiger partial charge in [0.05, 0.1) is 72.8 Å². The van der Waals surface area contributed by atoms with Gasteiger partial charge in [0.15, 0.2) is 11.3 Å². The minimum absolute atomic E-state index is 0.113. The van der Waals surface area contributed by atoms with Crippen molar-refractivity contribution in [2.24, 2.45) is 0 Å². The molecule has 0 bridgehead atoms. The highest BCUT2D eigenvalue weighted by Crippen LogP contribution is 2.35. The summed E-state index contributed by atoms with van der Waals surface area (Å²) in [4.78, 5) is 47.6. The van der Waals surface area contributed by atoms with Gasteiger partial charge in [0, 0.05) is 84.7 Å². The van der Waals surface area contributed by atoms with E-state index in [-0.39, 0.29) is 35.5 Å². The number of hydrogen-bond donors (Lipinski definition) is 4. The number of ether oxygens (including phenoxy) is 4. The number of carbonyl (C=O) groups is 2. The van der Waals surface area contributed by atoms with Gasteiger partial charge in [-0.25, -0.2) is 29.3 Å². The summed E-state index contributed by atoms with van der Waals surface area (Å²) in [6.07, 6.45) is 3.08. The maximum atomic E-state index is 12.8. The molecule has 2 aliphatic heterocycles. The summed E-state index contributed by atoms with van der Waals surface area (Å²) < 4.78 is 37.1. The normalized spacial score (nSPS) is 14.1. The van der Waals surface area contributed by atoms with Crippen LogP contribution in [0.25, 0.3) is 56.0 Å². The second kappa shape index (κ2) is 26.8. The van der Waals surface area contributed by atoms with E-state index in [1.807, 2.05) is 152 Å². The lowest BCUT2D eigenvalue weighted by Crippen LogP contribution is -2.38. The minimum Gasteiger partial charge on any atom is -0.492 e. The van der Waals surface area contributed by atoms with Gasteiger partial charge < -0.3 is 50.1 Å². The van der Waals surface area contributed by atoms with Crippen LogP contribution in [0.2, 0.25) is 0 Å². The molecule has 2 aliphatic rings. The molecule has 4 aromatic carbocycles. The SMILES string of the molecule is CC(C)(C)c1cc(CC(=O)Nc2ccc(-n3nc(-c4ccc(OCCN5CCOCC5)cc4)c4c(N)ncnc43)cc2)no1.Cc1cc(-n2nc(-c3ccc(OCCN4CCOCC4)cc3)c3c(N)ncnc32)ccc1NC(=O)Cc1cc(C(C)(C)C)on1. The van der Waals surface area contributed by atoms with E-state index in [1.54, 1.807) is 9.36 Å². The summed E-state index contributed by atoms with van der Waals surface area (Å²) in [6.45, 7) is 23.9. The molecule has 0 unspecified atom stereocenters. The minimum atomic E-state index is -0.188. The van der Waals surface area contributed by atoms with Crippen LogP contribution in [0.3, 0.4) is 0 Å². The summed E-state index contributed by atoms with van der Waals surface area (Å²) in [6, 6.07) is 32.3. The fourth-order valence-electron chi connectivity index (χ4n) is 10.2. The van der Waals surface area contributed by atoms with Crippen molar-refractivity contribution in [1.29, 1.82) is 0 Å².